The summed E-state index contributed by atoms with van der Waals surface area (Å²) in [5.41, 5.74) is 0. The van der Waals surface area contributed by atoms with Gasteiger partial charge in [-0.25, -0.2) is 4.79 Å². The first-order valence-corrected chi connectivity index (χ1v) is 23.2. The molecule has 0 rings (SSSR count). The normalized spacial score (nSPS) is 11.5. The molecular formula is C45H90N2O8. The summed E-state index contributed by atoms with van der Waals surface area (Å²) in [4.78, 5) is 29.4. The van der Waals surface area contributed by atoms with Crippen LogP contribution in [0.5, 0.6) is 0 Å². The number of rotatable bonds is 44. The molecule has 10 heteroatoms. The molecule has 0 aliphatic rings. The molecule has 0 heterocycles. The Morgan fingerprint density at radius 1 is 0.455 bits per heavy atom. The molecular weight excluding hydrogens is 697 g/mol. The highest BCUT2D eigenvalue weighted by Gasteiger charge is 2.14. The summed E-state index contributed by atoms with van der Waals surface area (Å²) in [5.74, 6) is -0.0489. The van der Waals surface area contributed by atoms with Gasteiger partial charge in [0.2, 0.25) is 0 Å². The topological polar surface area (TPSA) is 118 Å². The highest BCUT2D eigenvalue weighted by molar-refractivity contribution is 5.69. The minimum absolute atomic E-state index is 0.0489. The number of nitrogens with zero attached hydrogens (tertiary/aromatic N) is 2. The van der Waals surface area contributed by atoms with Gasteiger partial charge in [0.25, 0.3) is 0 Å². The zero-order valence-corrected chi connectivity index (χ0v) is 36.4. The van der Waals surface area contributed by atoms with Crippen molar-refractivity contribution < 1.29 is 38.7 Å². The minimum Gasteiger partial charge on any atom is -0.466 e. The number of hydrogen-bond donors (Lipinski definition) is 2. The van der Waals surface area contributed by atoms with Crippen LogP contribution in [0.2, 0.25) is 0 Å². The van der Waals surface area contributed by atoms with Crippen LogP contribution in [0.25, 0.3) is 0 Å². The van der Waals surface area contributed by atoms with Gasteiger partial charge in [-0.1, -0.05) is 143 Å². The van der Waals surface area contributed by atoms with Crippen LogP contribution in [0.1, 0.15) is 194 Å². The SMILES string of the molecule is CCCCCCCCCCC(=O)OCCCCCCN(CCCCCCOC(=O)N(CCCCCC)CCCCCCCC)CCOCCOC(CO)CO. The van der Waals surface area contributed by atoms with Crippen LogP contribution in [0.4, 0.5) is 4.79 Å². The Bertz CT molecular complexity index is 801. The molecule has 0 spiro atoms. The van der Waals surface area contributed by atoms with Gasteiger partial charge in [0.1, 0.15) is 6.10 Å². The van der Waals surface area contributed by atoms with Crippen molar-refractivity contribution in [2.24, 2.45) is 0 Å². The van der Waals surface area contributed by atoms with Crippen molar-refractivity contribution in [3.05, 3.63) is 0 Å². The lowest BCUT2D eigenvalue weighted by atomic mass is 10.1. The Labute approximate surface area is 339 Å². The third kappa shape index (κ3) is 37.9. The van der Waals surface area contributed by atoms with Gasteiger partial charge in [0, 0.05) is 26.1 Å². The van der Waals surface area contributed by atoms with Gasteiger partial charge in [0.05, 0.1) is 46.2 Å². The number of ether oxygens (including phenoxy) is 4. The molecule has 0 aromatic heterocycles. The minimum atomic E-state index is -0.554. The standard InChI is InChI=1S/C45H90N2O8/c1-4-7-10-13-15-16-17-23-30-44(50)54-36-28-21-19-24-31-46(35-38-52-39-40-53-43(41-48)42-49)32-25-20-22-29-37-55-45(51)47(33-26-12-9-6-3)34-27-18-14-11-8-5-2/h43,48-49H,4-42H2,1-3H3. The Morgan fingerprint density at radius 3 is 1.42 bits per heavy atom. The van der Waals surface area contributed by atoms with Crippen LogP contribution >= 0.6 is 0 Å². The summed E-state index contributed by atoms with van der Waals surface area (Å²) in [7, 11) is 0. The number of carbonyl (C=O) groups is 2. The van der Waals surface area contributed by atoms with Crippen molar-refractivity contribution in [3.63, 3.8) is 0 Å². The number of esters is 1. The van der Waals surface area contributed by atoms with E-state index in [0.717, 1.165) is 110 Å². The fraction of sp³-hybridized carbons (Fsp3) is 0.956. The lowest BCUT2D eigenvalue weighted by molar-refractivity contribution is -0.143. The van der Waals surface area contributed by atoms with Gasteiger partial charge in [0.15, 0.2) is 0 Å². The number of hydrogen-bond acceptors (Lipinski definition) is 9. The first-order valence-electron chi connectivity index (χ1n) is 23.2. The molecule has 0 aromatic carbocycles. The van der Waals surface area contributed by atoms with E-state index in [0.29, 0.717) is 39.5 Å². The maximum absolute atomic E-state index is 12.9. The second-order valence-electron chi connectivity index (χ2n) is 15.5. The first kappa shape index (κ1) is 53.5. The van der Waals surface area contributed by atoms with Crippen LogP contribution in [0.3, 0.4) is 0 Å². The number of carbonyl (C=O) groups excluding carboxylic acids is 2. The van der Waals surface area contributed by atoms with Gasteiger partial charge >= 0.3 is 12.1 Å². The zero-order chi connectivity index (χ0) is 40.3. The van der Waals surface area contributed by atoms with Crippen molar-refractivity contribution in [1.29, 1.82) is 0 Å². The molecule has 0 fully saturated rings. The van der Waals surface area contributed by atoms with Crippen LogP contribution in [-0.2, 0) is 23.7 Å². The van der Waals surface area contributed by atoms with Crippen molar-refractivity contribution >= 4 is 12.1 Å². The van der Waals surface area contributed by atoms with Crippen molar-refractivity contribution in [2.45, 2.75) is 200 Å². The molecule has 0 bridgehead atoms. The van der Waals surface area contributed by atoms with E-state index < -0.39 is 6.10 Å². The zero-order valence-electron chi connectivity index (χ0n) is 36.4. The fourth-order valence-corrected chi connectivity index (χ4v) is 6.67. The molecule has 0 atom stereocenters. The van der Waals surface area contributed by atoms with E-state index in [1.807, 2.05) is 4.90 Å². The first-order chi connectivity index (χ1) is 27.0. The molecule has 0 radical (unpaired) electrons. The highest BCUT2D eigenvalue weighted by atomic mass is 16.6. The summed E-state index contributed by atoms with van der Waals surface area (Å²) < 4.78 is 22.4. The van der Waals surface area contributed by atoms with E-state index in [1.165, 1.54) is 89.9 Å². The second kappa shape index (κ2) is 43.7. The lowest BCUT2D eigenvalue weighted by Gasteiger charge is -2.23. The average Bonchev–Trinajstić information content (AvgIpc) is 3.19. The third-order valence-electron chi connectivity index (χ3n) is 10.3. The van der Waals surface area contributed by atoms with Crippen molar-refractivity contribution in [2.75, 3.05) is 79.0 Å². The van der Waals surface area contributed by atoms with Gasteiger partial charge in [-0.2, -0.15) is 0 Å². The average molecular weight is 787 g/mol. The van der Waals surface area contributed by atoms with Crippen molar-refractivity contribution in [3.8, 4) is 0 Å². The molecule has 0 aromatic rings. The Balaban J connectivity index is 4.39. The Hall–Kier alpha value is -1.46. The van der Waals surface area contributed by atoms with Gasteiger partial charge in [-0.15, -0.1) is 0 Å². The summed E-state index contributed by atoms with van der Waals surface area (Å²) in [6.07, 6.45) is 29.9. The fourth-order valence-electron chi connectivity index (χ4n) is 6.67. The molecule has 0 aliphatic heterocycles. The summed E-state index contributed by atoms with van der Waals surface area (Å²) in [5, 5.41) is 18.3. The van der Waals surface area contributed by atoms with Crippen LogP contribution in [-0.4, -0.2) is 117 Å². The van der Waals surface area contributed by atoms with Crippen LogP contribution in [0.15, 0.2) is 0 Å². The molecule has 1 amide bonds. The predicted octanol–water partition coefficient (Wildman–Crippen LogP) is 10.2. The molecule has 55 heavy (non-hydrogen) atoms. The maximum atomic E-state index is 12.9. The van der Waals surface area contributed by atoms with Crippen LogP contribution in [0, 0.1) is 0 Å². The van der Waals surface area contributed by atoms with Crippen LogP contribution < -0.4 is 0 Å². The quantitative estimate of drug-likeness (QED) is 0.0460. The number of unbranched alkanes of at least 4 members (excludes halogenated alkanes) is 21. The Morgan fingerprint density at radius 2 is 0.891 bits per heavy atom. The van der Waals surface area contributed by atoms with Gasteiger partial charge in [-0.05, 0) is 58.0 Å². The predicted molar refractivity (Wildman–Crippen MR) is 227 cm³/mol. The molecule has 328 valence electrons. The summed E-state index contributed by atoms with van der Waals surface area (Å²) in [6.45, 7) is 13.1. The van der Waals surface area contributed by atoms with Crippen molar-refractivity contribution in [1.82, 2.24) is 9.80 Å². The maximum Gasteiger partial charge on any atom is 0.409 e. The second-order valence-corrected chi connectivity index (χ2v) is 15.5. The molecule has 2 N–H and O–H groups in total. The lowest BCUT2D eigenvalue weighted by Crippen LogP contribution is -2.33. The largest absolute Gasteiger partial charge is 0.466 e. The number of aliphatic hydroxyl groups is 2. The molecule has 0 aliphatic carbocycles. The smallest absolute Gasteiger partial charge is 0.409 e. The number of aliphatic hydroxyl groups excluding tert-OH is 2. The molecule has 0 saturated heterocycles. The van der Waals surface area contributed by atoms with Gasteiger partial charge in [-0.3, -0.25) is 4.79 Å². The third-order valence-corrected chi connectivity index (χ3v) is 10.3. The van der Waals surface area contributed by atoms with E-state index in [-0.39, 0.29) is 25.3 Å². The van der Waals surface area contributed by atoms with Gasteiger partial charge < -0.3 is 39.0 Å². The van der Waals surface area contributed by atoms with E-state index in [9.17, 15) is 9.59 Å². The summed E-state index contributed by atoms with van der Waals surface area (Å²) in [6, 6.07) is 0. The molecule has 10 nitrogen and oxygen atoms in total. The monoisotopic (exact) mass is 787 g/mol. The number of amides is 1. The Kier molecular flexibility index (Phi) is 42.5. The van der Waals surface area contributed by atoms with E-state index >= 15 is 0 Å². The van der Waals surface area contributed by atoms with E-state index in [2.05, 4.69) is 25.7 Å². The molecule has 0 unspecified atom stereocenters. The van der Waals surface area contributed by atoms with E-state index in [4.69, 9.17) is 29.2 Å². The highest BCUT2D eigenvalue weighted by Crippen LogP contribution is 2.12. The molecule has 0 saturated carbocycles. The van der Waals surface area contributed by atoms with E-state index in [1.54, 1.807) is 0 Å². The summed E-state index contributed by atoms with van der Waals surface area (Å²) >= 11 is 0.